The van der Waals surface area contributed by atoms with Crippen LogP contribution in [-0.2, 0) is 14.3 Å². The normalized spacial score (nSPS) is 9.15. The molecule has 0 aliphatic heterocycles. The van der Waals surface area contributed by atoms with Gasteiger partial charge in [-0.05, 0) is 6.92 Å². The minimum absolute atomic E-state index is 0.135. The largest absolute Gasteiger partial charge is 0.465 e. The highest BCUT2D eigenvalue weighted by Gasteiger charge is 2.13. The lowest BCUT2D eigenvalue weighted by molar-refractivity contribution is -0.143. The number of likely N-dealkylation sites (N-methyl/N-ethyl adjacent to an activating group) is 1. The van der Waals surface area contributed by atoms with Gasteiger partial charge in [-0.1, -0.05) is 11.6 Å². The Balaban J connectivity index is 3.78. The van der Waals surface area contributed by atoms with Gasteiger partial charge >= 0.3 is 12.1 Å². The molecule has 0 N–H and O–H groups in total. The van der Waals surface area contributed by atoms with E-state index in [9.17, 15) is 9.59 Å². The fourth-order valence-electron chi connectivity index (χ4n) is 0.622. The van der Waals surface area contributed by atoms with E-state index in [0.717, 1.165) is 4.90 Å². The summed E-state index contributed by atoms with van der Waals surface area (Å²) >= 11 is 5.15. The van der Waals surface area contributed by atoms with Crippen LogP contribution in [0, 0.1) is 0 Å². The van der Waals surface area contributed by atoms with Crippen molar-refractivity contribution < 1.29 is 19.1 Å². The molecule has 5 nitrogen and oxygen atoms in total. The molecule has 6 heteroatoms. The molecule has 0 atom stereocenters. The minimum Gasteiger partial charge on any atom is -0.465 e. The zero-order valence-corrected chi connectivity index (χ0v) is 8.34. The number of hydrogen-bond donors (Lipinski definition) is 0. The molecule has 1 amide bonds. The molecule has 0 heterocycles. The van der Waals surface area contributed by atoms with E-state index in [0.29, 0.717) is 0 Å². The highest BCUT2D eigenvalue weighted by molar-refractivity contribution is 6.17. The van der Waals surface area contributed by atoms with Crippen molar-refractivity contribution in [2.75, 3.05) is 26.3 Å². The van der Waals surface area contributed by atoms with Gasteiger partial charge in [-0.25, -0.2) is 4.79 Å². The van der Waals surface area contributed by atoms with Crippen LogP contribution in [0.5, 0.6) is 0 Å². The molecule has 0 aliphatic rings. The molecule has 0 aromatic rings. The van der Waals surface area contributed by atoms with Gasteiger partial charge in [-0.3, -0.25) is 4.79 Å². The van der Waals surface area contributed by atoms with Crippen LogP contribution in [0.3, 0.4) is 0 Å². The second kappa shape index (κ2) is 6.54. The zero-order valence-electron chi connectivity index (χ0n) is 7.58. The Hall–Kier alpha value is -0.970. The molecule has 0 fully saturated rings. The van der Waals surface area contributed by atoms with Crippen LogP contribution in [-0.4, -0.2) is 43.2 Å². The van der Waals surface area contributed by atoms with Gasteiger partial charge < -0.3 is 14.4 Å². The van der Waals surface area contributed by atoms with Crippen molar-refractivity contribution in [2.24, 2.45) is 0 Å². The SMILES string of the molecule is CCOC(=O)CN(C)C(=O)OCCl. The Labute approximate surface area is 81.5 Å². The summed E-state index contributed by atoms with van der Waals surface area (Å²) < 4.78 is 9.05. The maximum absolute atomic E-state index is 10.9. The topological polar surface area (TPSA) is 55.8 Å². The summed E-state index contributed by atoms with van der Waals surface area (Å²) in [5.74, 6) is -0.475. The monoisotopic (exact) mass is 209 g/mol. The molecule has 0 radical (unpaired) electrons. The van der Waals surface area contributed by atoms with E-state index < -0.39 is 12.1 Å². The lowest BCUT2D eigenvalue weighted by atomic mass is 10.6. The predicted octanol–water partition coefficient (Wildman–Crippen LogP) is 0.814. The number of nitrogens with zero attached hydrogens (tertiary/aromatic N) is 1. The third-order valence-corrected chi connectivity index (χ3v) is 1.27. The van der Waals surface area contributed by atoms with Crippen LogP contribution in [0.15, 0.2) is 0 Å². The van der Waals surface area contributed by atoms with Gasteiger partial charge in [0.05, 0.1) is 6.61 Å². The van der Waals surface area contributed by atoms with Crippen molar-refractivity contribution >= 4 is 23.7 Å². The fraction of sp³-hybridized carbons (Fsp3) is 0.714. The van der Waals surface area contributed by atoms with Crippen LogP contribution in [0.25, 0.3) is 0 Å². The van der Waals surface area contributed by atoms with E-state index >= 15 is 0 Å². The number of alkyl halides is 1. The summed E-state index contributed by atoms with van der Waals surface area (Å²) in [6.45, 7) is 1.84. The van der Waals surface area contributed by atoms with Crippen molar-refractivity contribution in [3.05, 3.63) is 0 Å². The number of halogens is 1. The number of carbonyl (C=O) groups excluding carboxylic acids is 2. The van der Waals surface area contributed by atoms with Crippen molar-refractivity contribution in [3.63, 3.8) is 0 Å². The molecule has 0 aliphatic carbocycles. The van der Waals surface area contributed by atoms with Crippen LogP contribution < -0.4 is 0 Å². The molecule has 76 valence electrons. The molecule has 0 aromatic heterocycles. The number of rotatable bonds is 4. The second-order valence-electron chi connectivity index (χ2n) is 2.18. The van der Waals surface area contributed by atoms with Crippen molar-refractivity contribution in [1.82, 2.24) is 4.90 Å². The fourth-order valence-corrected chi connectivity index (χ4v) is 0.715. The Morgan fingerprint density at radius 1 is 1.38 bits per heavy atom. The summed E-state index contributed by atoms with van der Waals surface area (Å²) in [5, 5.41) is 0. The maximum atomic E-state index is 10.9. The second-order valence-corrected chi connectivity index (χ2v) is 2.40. The molecule has 0 aromatic carbocycles. The molecule has 0 unspecified atom stereocenters. The van der Waals surface area contributed by atoms with E-state index in [4.69, 9.17) is 11.6 Å². The third-order valence-electron chi connectivity index (χ3n) is 1.16. The highest BCUT2D eigenvalue weighted by atomic mass is 35.5. The number of ether oxygens (including phenoxy) is 2. The Morgan fingerprint density at radius 3 is 2.46 bits per heavy atom. The first kappa shape index (κ1) is 12.0. The van der Waals surface area contributed by atoms with Crippen molar-refractivity contribution in [1.29, 1.82) is 0 Å². The lowest BCUT2D eigenvalue weighted by Gasteiger charge is -2.14. The minimum atomic E-state index is -0.650. The lowest BCUT2D eigenvalue weighted by Crippen LogP contribution is -2.33. The summed E-state index contributed by atoms with van der Waals surface area (Å²) in [6, 6.07) is -0.230. The van der Waals surface area contributed by atoms with E-state index in [2.05, 4.69) is 9.47 Å². The molecule has 0 bridgehead atoms. The number of esters is 1. The molecule has 0 saturated heterocycles. The average molecular weight is 210 g/mol. The zero-order chi connectivity index (χ0) is 10.3. The van der Waals surface area contributed by atoms with Crippen molar-refractivity contribution in [2.45, 2.75) is 6.92 Å². The van der Waals surface area contributed by atoms with Crippen LogP contribution in [0.4, 0.5) is 4.79 Å². The molecular formula is C7H12ClNO4. The predicted molar refractivity (Wildman–Crippen MR) is 46.5 cm³/mol. The van der Waals surface area contributed by atoms with Gasteiger partial charge in [0.2, 0.25) is 0 Å². The van der Waals surface area contributed by atoms with E-state index in [-0.39, 0.29) is 19.2 Å². The van der Waals surface area contributed by atoms with E-state index in [1.165, 1.54) is 7.05 Å². The molecule has 0 saturated carbocycles. The first-order chi connectivity index (χ1) is 6.11. The van der Waals surface area contributed by atoms with Gasteiger partial charge in [-0.15, -0.1) is 0 Å². The summed E-state index contributed by atoms with van der Waals surface area (Å²) in [6.07, 6.45) is -0.650. The maximum Gasteiger partial charge on any atom is 0.411 e. The van der Waals surface area contributed by atoms with Gasteiger partial charge in [0, 0.05) is 7.05 Å². The Morgan fingerprint density at radius 2 is 2.00 bits per heavy atom. The van der Waals surface area contributed by atoms with Gasteiger partial charge in [0.15, 0.2) is 6.07 Å². The molecule has 0 spiro atoms. The molecule has 13 heavy (non-hydrogen) atoms. The van der Waals surface area contributed by atoms with Gasteiger partial charge in [-0.2, -0.15) is 0 Å². The van der Waals surface area contributed by atoms with E-state index in [1.54, 1.807) is 6.92 Å². The quantitative estimate of drug-likeness (QED) is 0.508. The van der Waals surface area contributed by atoms with Gasteiger partial charge in [0.1, 0.15) is 6.54 Å². The van der Waals surface area contributed by atoms with Crippen molar-refractivity contribution in [3.8, 4) is 0 Å². The average Bonchev–Trinajstić information content (AvgIpc) is 2.05. The summed E-state index contributed by atoms with van der Waals surface area (Å²) in [5.41, 5.74) is 0. The highest BCUT2D eigenvalue weighted by Crippen LogP contribution is 1.92. The summed E-state index contributed by atoms with van der Waals surface area (Å²) in [4.78, 5) is 22.8. The Bertz CT molecular complexity index is 185. The van der Waals surface area contributed by atoms with E-state index in [1.807, 2.05) is 0 Å². The first-order valence-electron chi connectivity index (χ1n) is 3.71. The van der Waals surface area contributed by atoms with Crippen LogP contribution in [0.1, 0.15) is 6.92 Å². The third kappa shape index (κ3) is 5.30. The molecular weight excluding hydrogens is 198 g/mol. The standard InChI is InChI=1S/C7H12ClNO4/c1-3-12-6(10)4-9(2)7(11)13-5-8/h3-5H2,1-2H3. The Kier molecular flexibility index (Phi) is 6.05. The molecule has 0 rings (SSSR count). The first-order valence-corrected chi connectivity index (χ1v) is 4.24. The van der Waals surface area contributed by atoms with Crippen LogP contribution >= 0.6 is 11.6 Å². The summed E-state index contributed by atoms with van der Waals surface area (Å²) in [7, 11) is 1.42. The number of hydrogen-bond acceptors (Lipinski definition) is 4. The van der Waals surface area contributed by atoms with Crippen LogP contribution in [0.2, 0.25) is 0 Å². The number of amides is 1. The smallest absolute Gasteiger partial charge is 0.411 e. The van der Waals surface area contributed by atoms with Gasteiger partial charge in [0.25, 0.3) is 0 Å². The number of carbonyl (C=O) groups is 2.